The van der Waals surface area contributed by atoms with Gasteiger partial charge in [0, 0.05) is 0 Å². The molecule has 0 radical (unpaired) electrons. The summed E-state index contributed by atoms with van der Waals surface area (Å²) < 4.78 is 0. The van der Waals surface area contributed by atoms with Gasteiger partial charge in [-0.1, -0.05) is 0 Å². The lowest BCUT2D eigenvalue weighted by Gasteiger charge is -1.94. The molecule has 0 N–H and O–H groups in total. The summed E-state index contributed by atoms with van der Waals surface area (Å²) in [6.45, 7) is 0. The minimum absolute atomic E-state index is 0.606. The van der Waals surface area contributed by atoms with Crippen molar-refractivity contribution in [1.82, 2.24) is 41.2 Å². The molecule has 8 nitrogen and oxygen atoms in total. The molecule has 66 valence electrons. The average Bonchev–Trinajstić information content (AvgIpc) is 2.26. The second kappa shape index (κ2) is 2.55. The number of hydrogen-bond donors (Lipinski definition) is 0. The lowest BCUT2D eigenvalue weighted by atomic mass is 10.3. The third-order valence-corrected chi connectivity index (χ3v) is 1.76. The highest BCUT2D eigenvalue weighted by molar-refractivity contribution is 5.89. The van der Waals surface area contributed by atoms with E-state index in [1.807, 2.05) is 0 Å². The van der Waals surface area contributed by atoms with Gasteiger partial charge in [-0.3, -0.25) is 0 Å². The number of aromatic nitrogens is 8. The Morgan fingerprint density at radius 3 is 1.07 bits per heavy atom. The van der Waals surface area contributed by atoms with Crippen LogP contribution in [-0.4, -0.2) is 41.2 Å². The second-order valence-electron chi connectivity index (χ2n) is 2.59. The van der Waals surface area contributed by atoms with Crippen LogP contribution in [0.1, 0.15) is 0 Å². The fraction of sp³-hybridized carbons (Fsp3) is 0. The zero-order valence-electron chi connectivity index (χ0n) is 6.73. The summed E-state index contributed by atoms with van der Waals surface area (Å²) in [6.07, 6.45) is 0. The van der Waals surface area contributed by atoms with Crippen molar-refractivity contribution in [2.45, 2.75) is 0 Å². The van der Waals surface area contributed by atoms with Crippen molar-refractivity contribution >= 4 is 22.1 Å². The zero-order chi connectivity index (χ0) is 9.38. The summed E-state index contributed by atoms with van der Waals surface area (Å²) in [7, 11) is 0. The smallest absolute Gasteiger partial charge is 0.117 e. The number of rotatable bonds is 0. The summed E-state index contributed by atoms with van der Waals surface area (Å²) in [6, 6.07) is 3.38. The Balaban J connectivity index is 2.52. The maximum Gasteiger partial charge on any atom is 0.117 e. The SMILES string of the molecule is c1c2nnnnc2cc2nnnnc12. The molecule has 0 bridgehead atoms. The van der Waals surface area contributed by atoms with Gasteiger partial charge < -0.3 is 0 Å². The molecule has 0 fully saturated rings. The molecule has 0 unspecified atom stereocenters. The number of nitrogens with zero attached hydrogens (tertiary/aromatic N) is 8. The predicted octanol–water partition coefficient (Wildman–Crippen LogP) is -0.847. The number of fused-ring (bicyclic) bond motifs is 2. The van der Waals surface area contributed by atoms with E-state index in [1.54, 1.807) is 12.1 Å². The predicted molar refractivity (Wildman–Crippen MR) is 43.8 cm³/mol. The monoisotopic (exact) mass is 186 g/mol. The fourth-order valence-corrected chi connectivity index (χ4v) is 1.15. The Bertz CT molecular complexity index is 503. The third kappa shape index (κ3) is 0.937. The minimum atomic E-state index is 0.606. The minimum Gasteiger partial charge on any atom is -0.127 e. The average molecular weight is 186 g/mol. The van der Waals surface area contributed by atoms with Crippen LogP contribution in [0.3, 0.4) is 0 Å². The van der Waals surface area contributed by atoms with Crippen LogP contribution in [0.25, 0.3) is 22.1 Å². The van der Waals surface area contributed by atoms with Crippen LogP contribution in [0.2, 0.25) is 0 Å². The van der Waals surface area contributed by atoms with Crippen molar-refractivity contribution in [3.63, 3.8) is 0 Å². The first-order valence-corrected chi connectivity index (χ1v) is 3.75. The molecule has 3 rings (SSSR count). The summed E-state index contributed by atoms with van der Waals surface area (Å²) in [5.74, 6) is 0. The summed E-state index contributed by atoms with van der Waals surface area (Å²) in [5, 5.41) is 28.9. The van der Waals surface area contributed by atoms with E-state index in [1.165, 1.54) is 0 Å². The van der Waals surface area contributed by atoms with Gasteiger partial charge in [0.25, 0.3) is 0 Å². The zero-order valence-corrected chi connectivity index (χ0v) is 6.73. The van der Waals surface area contributed by atoms with Gasteiger partial charge in [0.05, 0.1) is 0 Å². The first kappa shape index (κ1) is 7.06. The largest absolute Gasteiger partial charge is 0.127 e. The topological polar surface area (TPSA) is 103 Å². The normalized spacial score (nSPS) is 10.9. The molecule has 0 saturated heterocycles. The highest BCUT2D eigenvalue weighted by Crippen LogP contribution is 2.13. The number of benzene rings is 1. The molecule has 0 aliphatic carbocycles. The Kier molecular flexibility index (Phi) is 1.29. The van der Waals surface area contributed by atoms with E-state index < -0.39 is 0 Å². The molecule has 0 spiro atoms. The highest BCUT2D eigenvalue weighted by Gasteiger charge is 2.02. The maximum absolute atomic E-state index is 3.79. The van der Waals surface area contributed by atoms with Crippen molar-refractivity contribution in [2.75, 3.05) is 0 Å². The Hall–Kier alpha value is -2.38. The van der Waals surface area contributed by atoms with Crippen LogP contribution in [-0.2, 0) is 0 Å². The van der Waals surface area contributed by atoms with Crippen molar-refractivity contribution in [3.05, 3.63) is 12.1 Å². The molecule has 2 heterocycles. The first-order chi connectivity index (χ1) is 6.93. The Morgan fingerprint density at radius 1 is 0.500 bits per heavy atom. The summed E-state index contributed by atoms with van der Waals surface area (Å²) in [5.41, 5.74) is 2.43. The third-order valence-electron chi connectivity index (χ3n) is 1.76. The standard InChI is InChI=1S/C6H2N8/c1-3-5(9-13-11-7-3)2-6-4(1)8-12-14-10-6/h1-2H. The van der Waals surface area contributed by atoms with E-state index in [-0.39, 0.29) is 0 Å². The lowest BCUT2D eigenvalue weighted by Crippen LogP contribution is -1.96. The van der Waals surface area contributed by atoms with Crippen molar-refractivity contribution in [2.24, 2.45) is 0 Å². The second-order valence-corrected chi connectivity index (χ2v) is 2.59. The van der Waals surface area contributed by atoms with Crippen LogP contribution in [0.4, 0.5) is 0 Å². The quantitative estimate of drug-likeness (QED) is 0.418. The molecular formula is C6H2N8. The van der Waals surface area contributed by atoms with Gasteiger partial charge in [-0.05, 0) is 33.0 Å². The summed E-state index contributed by atoms with van der Waals surface area (Å²) in [4.78, 5) is 0. The highest BCUT2D eigenvalue weighted by atomic mass is 15.4. The van der Waals surface area contributed by atoms with Crippen LogP contribution >= 0.6 is 0 Å². The molecule has 0 amide bonds. The van der Waals surface area contributed by atoms with Crippen LogP contribution < -0.4 is 0 Å². The van der Waals surface area contributed by atoms with Gasteiger partial charge in [0.15, 0.2) is 0 Å². The van der Waals surface area contributed by atoms with E-state index in [0.717, 1.165) is 0 Å². The molecular weight excluding hydrogens is 184 g/mol. The Morgan fingerprint density at radius 2 is 0.786 bits per heavy atom. The first-order valence-electron chi connectivity index (χ1n) is 3.75. The molecule has 0 atom stereocenters. The van der Waals surface area contributed by atoms with E-state index in [2.05, 4.69) is 41.2 Å². The summed E-state index contributed by atoms with van der Waals surface area (Å²) >= 11 is 0. The fourth-order valence-electron chi connectivity index (χ4n) is 1.15. The van der Waals surface area contributed by atoms with Crippen LogP contribution in [0.5, 0.6) is 0 Å². The Labute approximate surface area is 76.4 Å². The van der Waals surface area contributed by atoms with E-state index in [9.17, 15) is 0 Å². The van der Waals surface area contributed by atoms with E-state index in [4.69, 9.17) is 0 Å². The molecule has 2 aromatic heterocycles. The van der Waals surface area contributed by atoms with Gasteiger partial charge in [-0.2, -0.15) is 0 Å². The van der Waals surface area contributed by atoms with E-state index >= 15 is 0 Å². The molecule has 1 aromatic carbocycles. The maximum atomic E-state index is 3.79. The molecule has 0 aliphatic rings. The number of hydrogen-bond acceptors (Lipinski definition) is 8. The van der Waals surface area contributed by atoms with Gasteiger partial charge in [-0.25, -0.2) is 0 Å². The van der Waals surface area contributed by atoms with Crippen LogP contribution in [0.15, 0.2) is 12.1 Å². The molecule has 0 aliphatic heterocycles. The van der Waals surface area contributed by atoms with Crippen molar-refractivity contribution in [3.8, 4) is 0 Å². The van der Waals surface area contributed by atoms with Gasteiger partial charge in [-0.15, -0.1) is 20.4 Å². The van der Waals surface area contributed by atoms with Crippen molar-refractivity contribution in [1.29, 1.82) is 0 Å². The molecule has 0 saturated carbocycles. The molecule has 3 aromatic rings. The lowest BCUT2D eigenvalue weighted by molar-refractivity contribution is 0.788. The van der Waals surface area contributed by atoms with Gasteiger partial charge >= 0.3 is 0 Å². The molecule has 14 heavy (non-hydrogen) atoms. The van der Waals surface area contributed by atoms with Crippen molar-refractivity contribution < 1.29 is 0 Å². The van der Waals surface area contributed by atoms with Gasteiger partial charge in [0.1, 0.15) is 22.1 Å². The van der Waals surface area contributed by atoms with E-state index in [0.29, 0.717) is 22.1 Å². The van der Waals surface area contributed by atoms with Crippen LogP contribution in [0, 0.1) is 0 Å². The van der Waals surface area contributed by atoms with Gasteiger partial charge in [0.2, 0.25) is 0 Å². The molecule has 8 heteroatoms.